The first-order valence-corrected chi connectivity index (χ1v) is 14.1. The number of nitrogens with one attached hydrogen (secondary N) is 4. The van der Waals surface area contributed by atoms with E-state index in [0.717, 1.165) is 16.3 Å². The second-order valence-electron chi connectivity index (χ2n) is 9.92. The Morgan fingerprint density at radius 1 is 0.833 bits per heavy atom. The van der Waals surface area contributed by atoms with Crippen molar-refractivity contribution in [1.82, 2.24) is 21.2 Å². The Hall–Kier alpha value is -4.70. The van der Waals surface area contributed by atoms with Crippen LogP contribution in [-0.2, 0) is 27.2 Å². The molecule has 9 nitrogen and oxygen atoms in total. The van der Waals surface area contributed by atoms with E-state index in [1.165, 1.54) is 6.20 Å². The molecule has 0 saturated heterocycles. The van der Waals surface area contributed by atoms with Crippen LogP contribution in [0.5, 0.6) is 0 Å². The molecule has 4 rings (SSSR count). The quantitative estimate of drug-likeness (QED) is 0.135. The van der Waals surface area contributed by atoms with Crippen LogP contribution in [0, 0.1) is 0 Å². The van der Waals surface area contributed by atoms with Gasteiger partial charge in [-0.1, -0.05) is 60.7 Å². The van der Waals surface area contributed by atoms with Gasteiger partial charge in [0.05, 0.1) is 17.1 Å². The summed E-state index contributed by atoms with van der Waals surface area (Å²) in [5.41, 5.74) is 7.52. The zero-order chi connectivity index (χ0) is 29.9. The average Bonchev–Trinajstić information content (AvgIpc) is 2.99. The Balaban J connectivity index is 1.24. The number of fused-ring (bicyclic) bond motifs is 1. The monoisotopic (exact) mass is 583 g/mol. The molecule has 0 aliphatic rings. The van der Waals surface area contributed by atoms with Crippen LogP contribution in [0.2, 0.25) is 0 Å². The highest BCUT2D eigenvalue weighted by Gasteiger charge is 2.19. The van der Waals surface area contributed by atoms with Gasteiger partial charge in [0.25, 0.3) is 11.8 Å². The molecule has 0 unspecified atom stereocenters. The largest absolute Gasteiger partial charge is 0.349 e. The Bertz CT molecular complexity index is 1560. The number of hydrogen-bond donors (Lipinski definition) is 5. The van der Waals surface area contributed by atoms with Crippen LogP contribution in [0.4, 0.5) is 5.69 Å². The summed E-state index contributed by atoms with van der Waals surface area (Å²) in [4.78, 5) is 53.9. The molecule has 0 saturated carbocycles. The van der Waals surface area contributed by atoms with E-state index in [-0.39, 0.29) is 24.8 Å². The second kappa shape index (κ2) is 14.8. The van der Waals surface area contributed by atoms with Gasteiger partial charge in [-0.3, -0.25) is 35.0 Å². The third-order valence-electron chi connectivity index (χ3n) is 6.62. The molecule has 10 heteroatoms. The van der Waals surface area contributed by atoms with Crippen LogP contribution < -0.4 is 21.5 Å². The lowest BCUT2D eigenvalue weighted by atomic mass is 9.98. The number of carbonyl (C=O) groups is 4. The first-order chi connectivity index (χ1) is 20.3. The van der Waals surface area contributed by atoms with Gasteiger partial charge >= 0.3 is 0 Å². The van der Waals surface area contributed by atoms with Gasteiger partial charge in [0.15, 0.2) is 0 Å². The number of pyridine rings is 1. The molecule has 4 amide bonds. The number of anilines is 1. The number of hydrogen-bond acceptors (Lipinski definition) is 6. The van der Waals surface area contributed by atoms with Crippen molar-refractivity contribution in [1.29, 1.82) is 0 Å². The molecule has 0 aliphatic heterocycles. The van der Waals surface area contributed by atoms with Crippen LogP contribution in [-0.4, -0.2) is 39.9 Å². The van der Waals surface area contributed by atoms with E-state index >= 15 is 0 Å². The van der Waals surface area contributed by atoms with Gasteiger partial charge in [-0.05, 0) is 59.9 Å². The molecule has 4 N–H and O–H groups in total. The lowest BCUT2D eigenvalue weighted by molar-refractivity contribution is -0.129. The fraction of sp³-hybridized carbons (Fsp3) is 0.219. The van der Waals surface area contributed by atoms with Gasteiger partial charge in [0, 0.05) is 30.6 Å². The smallest absolute Gasteiger partial charge is 0.251 e. The highest BCUT2D eigenvalue weighted by molar-refractivity contribution is 7.81. The number of benzene rings is 3. The van der Waals surface area contributed by atoms with Gasteiger partial charge < -0.3 is 10.6 Å². The molecular weight excluding hydrogens is 550 g/mol. The first kappa shape index (κ1) is 30.3. The van der Waals surface area contributed by atoms with Crippen molar-refractivity contribution in [2.45, 2.75) is 43.9 Å². The van der Waals surface area contributed by atoms with Crippen molar-refractivity contribution in [2.24, 2.45) is 0 Å². The molecule has 3 aromatic carbocycles. The molecule has 0 bridgehead atoms. The van der Waals surface area contributed by atoms with Crippen LogP contribution in [0.15, 0.2) is 91.3 Å². The third-order valence-corrected chi connectivity index (χ3v) is 7.04. The standard InChI is InChI=1S/C32H33N5O4S/c1-21(18-24-11-6-10-22-8-2-4-13-26(22)24)34-31(40)27-14-5-3-9-23(27)15-16-29(38)36-37-32(41)28(42)19-30(39)35-25-12-7-17-33-20-25/h2-14,17,20-21,28,42H,15-16,18-19H2,1H3,(H,34,40)(H,35,39)(H,36,38)(H,37,41)/t21-,28-/m1/s1. The number of aryl methyl sites for hydroxylation is 1. The Labute approximate surface area is 249 Å². The van der Waals surface area contributed by atoms with Gasteiger partial charge in [0.2, 0.25) is 11.8 Å². The summed E-state index contributed by atoms with van der Waals surface area (Å²) in [5.74, 6) is -1.68. The van der Waals surface area contributed by atoms with Crippen molar-refractivity contribution in [3.05, 3.63) is 108 Å². The minimum atomic E-state index is -0.970. The summed E-state index contributed by atoms with van der Waals surface area (Å²) in [6, 6.07) is 24.7. The van der Waals surface area contributed by atoms with Crippen LogP contribution >= 0.6 is 12.6 Å². The van der Waals surface area contributed by atoms with Crippen molar-refractivity contribution < 1.29 is 19.2 Å². The molecule has 1 aromatic heterocycles. The third kappa shape index (κ3) is 8.65. The zero-order valence-electron chi connectivity index (χ0n) is 23.2. The number of nitrogens with zero attached hydrogens (tertiary/aromatic N) is 1. The molecular formula is C32H33N5O4S. The van der Waals surface area contributed by atoms with E-state index in [2.05, 4.69) is 63.4 Å². The Morgan fingerprint density at radius 3 is 2.38 bits per heavy atom. The summed E-state index contributed by atoms with van der Waals surface area (Å²) in [7, 11) is 0. The summed E-state index contributed by atoms with van der Waals surface area (Å²) in [5, 5.41) is 7.06. The minimum absolute atomic E-state index is 0.0366. The zero-order valence-corrected chi connectivity index (χ0v) is 24.1. The summed E-state index contributed by atoms with van der Waals surface area (Å²) >= 11 is 4.17. The van der Waals surface area contributed by atoms with Crippen LogP contribution in [0.1, 0.15) is 41.3 Å². The normalized spacial score (nSPS) is 12.1. The fourth-order valence-electron chi connectivity index (χ4n) is 4.56. The topological polar surface area (TPSA) is 129 Å². The number of carbonyl (C=O) groups excluding carboxylic acids is 4. The maximum atomic E-state index is 13.2. The van der Waals surface area contributed by atoms with Crippen LogP contribution in [0.25, 0.3) is 10.8 Å². The Morgan fingerprint density at radius 2 is 1.57 bits per heavy atom. The molecule has 0 fully saturated rings. The number of rotatable bonds is 11. The van der Waals surface area contributed by atoms with Gasteiger partial charge in [-0.2, -0.15) is 12.6 Å². The van der Waals surface area contributed by atoms with E-state index in [1.807, 2.05) is 31.2 Å². The number of aromatic nitrogens is 1. The van der Waals surface area contributed by atoms with E-state index in [4.69, 9.17) is 0 Å². The molecule has 4 aromatic rings. The summed E-state index contributed by atoms with van der Waals surface area (Å²) in [6.07, 6.45) is 3.88. The highest BCUT2D eigenvalue weighted by atomic mass is 32.1. The van der Waals surface area contributed by atoms with Crippen molar-refractivity contribution in [3.8, 4) is 0 Å². The van der Waals surface area contributed by atoms with Gasteiger partial charge in [-0.15, -0.1) is 0 Å². The number of hydrazine groups is 1. The van der Waals surface area contributed by atoms with Crippen molar-refractivity contribution in [3.63, 3.8) is 0 Å². The molecule has 42 heavy (non-hydrogen) atoms. The highest BCUT2D eigenvalue weighted by Crippen LogP contribution is 2.20. The summed E-state index contributed by atoms with van der Waals surface area (Å²) < 4.78 is 0. The van der Waals surface area contributed by atoms with E-state index in [0.29, 0.717) is 29.7 Å². The van der Waals surface area contributed by atoms with Crippen LogP contribution in [0.3, 0.4) is 0 Å². The fourth-order valence-corrected chi connectivity index (χ4v) is 4.79. The second-order valence-corrected chi connectivity index (χ2v) is 10.5. The lowest BCUT2D eigenvalue weighted by Gasteiger charge is -2.17. The first-order valence-electron chi connectivity index (χ1n) is 13.6. The number of thiol groups is 1. The van der Waals surface area contributed by atoms with Crippen molar-refractivity contribution >= 4 is 52.7 Å². The van der Waals surface area contributed by atoms with E-state index < -0.39 is 23.0 Å². The summed E-state index contributed by atoms with van der Waals surface area (Å²) in [6.45, 7) is 1.97. The Kier molecular flexibility index (Phi) is 10.7. The lowest BCUT2D eigenvalue weighted by Crippen LogP contribution is -2.45. The SMILES string of the molecule is C[C@H](Cc1cccc2ccccc12)NC(=O)c1ccccc1CCC(=O)NNC(=O)[C@H](S)CC(=O)Nc1cccnc1. The van der Waals surface area contributed by atoms with E-state index in [9.17, 15) is 19.2 Å². The molecule has 0 spiro atoms. The van der Waals surface area contributed by atoms with E-state index in [1.54, 1.807) is 36.5 Å². The predicted octanol–water partition coefficient (Wildman–Crippen LogP) is 4.00. The number of amides is 4. The minimum Gasteiger partial charge on any atom is -0.349 e. The maximum Gasteiger partial charge on any atom is 0.251 e. The molecule has 216 valence electrons. The maximum absolute atomic E-state index is 13.2. The van der Waals surface area contributed by atoms with Gasteiger partial charge in [-0.25, -0.2) is 0 Å². The van der Waals surface area contributed by atoms with Crippen molar-refractivity contribution in [2.75, 3.05) is 5.32 Å². The average molecular weight is 584 g/mol. The molecule has 2 atom stereocenters. The molecule has 0 aliphatic carbocycles. The predicted molar refractivity (Wildman–Crippen MR) is 166 cm³/mol. The van der Waals surface area contributed by atoms with Gasteiger partial charge in [0.1, 0.15) is 0 Å². The molecule has 0 radical (unpaired) electrons. The molecule has 1 heterocycles.